The third-order valence-corrected chi connectivity index (χ3v) is 5.00. The Balaban J connectivity index is 1.84. The quantitative estimate of drug-likeness (QED) is 0.377. The van der Waals surface area contributed by atoms with Crippen LogP contribution in [0.4, 0.5) is 5.69 Å². The molecule has 0 bridgehead atoms. The Labute approximate surface area is 190 Å². The predicted molar refractivity (Wildman–Crippen MR) is 124 cm³/mol. The Hall–Kier alpha value is -4.26. The molecule has 0 N–H and O–H groups in total. The molecular weight excluding hydrogens is 422 g/mol. The molecule has 0 fully saturated rings. The van der Waals surface area contributed by atoms with Crippen LogP contribution in [0.25, 0.3) is 22.3 Å². The van der Waals surface area contributed by atoms with E-state index in [1.54, 1.807) is 32.4 Å². The van der Waals surface area contributed by atoms with E-state index in [1.807, 2.05) is 54.6 Å². The maximum Gasteiger partial charge on any atom is 0.343 e. The lowest BCUT2D eigenvalue weighted by atomic mass is 10.1. The van der Waals surface area contributed by atoms with Gasteiger partial charge in [-0.1, -0.05) is 0 Å². The van der Waals surface area contributed by atoms with Gasteiger partial charge in [-0.25, -0.2) is 9.79 Å². The van der Waals surface area contributed by atoms with E-state index in [0.29, 0.717) is 22.5 Å². The molecule has 168 valence electrons. The minimum atomic E-state index is -0.460. The molecule has 0 spiro atoms. The van der Waals surface area contributed by atoms with Crippen LogP contribution in [0.1, 0.15) is 0 Å². The van der Waals surface area contributed by atoms with E-state index in [4.69, 9.17) is 23.6 Å². The van der Waals surface area contributed by atoms with Gasteiger partial charge in [0, 0.05) is 17.0 Å². The summed E-state index contributed by atoms with van der Waals surface area (Å²) in [5, 5.41) is 1.43. The number of hydrogen-bond acceptors (Lipinski definition) is 7. The number of fused-ring (bicyclic) bond motifs is 1. The zero-order valence-electron chi connectivity index (χ0n) is 18.5. The van der Waals surface area contributed by atoms with Crippen molar-refractivity contribution < 1.29 is 28.2 Å². The lowest BCUT2D eigenvalue weighted by molar-refractivity contribution is -0.142. The molecule has 1 aromatic heterocycles. The van der Waals surface area contributed by atoms with Gasteiger partial charge in [0.25, 0.3) is 0 Å². The molecule has 4 rings (SSSR count). The Morgan fingerprint density at radius 1 is 0.818 bits per heavy atom. The third kappa shape index (κ3) is 5.15. The van der Waals surface area contributed by atoms with Gasteiger partial charge in [-0.2, -0.15) is 0 Å². The van der Waals surface area contributed by atoms with Crippen LogP contribution in [0, 0.1) is 0 Å². The summed E-state index contributed by atoms with van der Waals surface area (Å²) in [6.07, 6.45) is 0. The van der Waals surface area contributed by atoms with Gasteiger partial charge in [0.2, 0.25) is 0 Å². The summed E-state index contributed by atoms with van der Waals surface area (Å²) in [7, 11) is 4.56. The standard InChI is InChI=1S/C26H23NO6/c1-29-19-8-4-17(5-9-19)25-15-23(27-18-6-10-20(30-2)11-7-18)22-14-21(12-13-24(22)33-25)32-16-26(28)31-3/h4-15H,16H2,1-3H3. The number of hydrogen-bond donors (Lipinski definition) is 0. The van der Waals surface area contributed by atoms with Crippen molar-refractivity contribution in [2.45, 2.75) is 0 Å². The second-order valence-electron chi connectivity index (χ2n) is 7.06. The first-order valence-electron chi connectivity index (χ1n) is 10.2. The fourth-order valence-electron chi connectivity index (χ4n) is 3.22. The molecule has 0 radical (unpaired) electrons. The van der Waals surface area contributed by atoms with E-state index >= 15 is 0 Å². The van der Waals surface area contributed by atoms with Crippen molar-refractivity contribution in [3.8, 4) is 28.6 Å². The van der Waals surface area contributed by atoms with Crippen LogP contribution in [0.15, 0.2) is 82.2 Å². The smallest absolute Gasteiger partial charge is 0.343 e. The molecule has 0 aliphatic heterocycles. The zero-order valence-corrected chi connectivity index (χ0v) is 18.5. The fraction of sp³-hybridized carbons (Fsp3) is 0.154. The van der Waals surface area contributed by atoms with Crippen LogP contribution in [-0.2, 0) is 9.53 Å². The molecule has 4 aromatic rings. The number of rotatable bonds is 7. The van der Waals surface area contributed by atoms with Crippen LogP contribution >= 0.6 is 0 Å². The Morgan fingerprint density at radius 2 is 1.45 bits per heavy atom. The minimum Gasteiger partial charge on any atom is -0.497 e. The van der Waals surface area contributed by atoms with E-state index in [9.17, 15) is 4.79 Å². The Kier molecular flexibility index (Phi) is 6.59. The topological polar surface area (TPSA) is 79.5 Å². The molecule has 0 unspecified atom stereocenters. The van der Waals surface area contributed by atoms with Gasteiger partial charge in [-0.05, 0) is 66.7 Å². The van der Waals surface area contributed by atoms with Crippen LogP contribution in [0.2, 0.25) is 0 Å². The van der Waals surface area contributed by atoms with Crippen molar-refractivity contribution in [3.63, 3.8) is 0 Å². The molecule has 0 aliphatic carbocycles. The molecule has 0 saturated carbocycles. The highest BCUT2D eigenvalue weighted by molar-refractivity contribution is 5.80. The number of carbonyl (C=O) groups is 1. The van der Waals surface area contributed by atoms with Gasteiger partial charge in [-0.3, -0.25) is 0 Å². The van der Waals surface area contributed by atoms with E-state index in [2.05, 4.69) is 4.74 Å². The second kappa shape index (κ2) is 9.91. The maximum atomic E-state index is 11.5. The summed E-state index contributed by atoms with van der Waals surface area (Å²) >= 11 is 0. The van der Waals surface area contributed by atoms with Crippen molar-refractivity contribution in [2.24, 2.45) is 4.99 Å². The number of methoxy groups -OCH3 is 3. The van der Waals surface area contributed by atoms with Gasteiger partial charge in [0.1, 0.15) is 28.6 Å². The molecule has 3 aromatic carbocycles. The highest BCUT2D eigenvalue weighted by Gasteiger charge is 2.09. The summed E-state index contributed by atoms with van der Waals surface area (Å²) < 4.78 is 26.9. The van der Waals surface area contributed by atoms with Gasteiger partial charge in [0.15, 0.2) is 6.61 Å². The molecule has 33 heavy (non-hydrogen) atoms. The fourth-order valence-corrected chi connectivity index (χ4v) is 3.22. The number of ether oxygens (including phenoxy) is 4. The van der Waals surface area contributed by atoms with Crippen molar-refractivity contribution in [2.75, 3.05) is 27.9 Å². The first-order valence-corrected chi connectivity index (χ1v) is 10.2. The van der Waals surface area contributed by atoms with Crippen LogP contribution in [0.3, 0.4) is 0 Å². The van der Waals surface area contributed by atoms with Crippen molar-refractivity contribution >= 4 is 22.6 Å². The third-order valence-electron chi connectivity index (χ3n) is 5.00. The molecule has 0 amide bonds. The van der Waals surface area contributed by atoms with Crippen molar-refractivity contribution in [1.29, 1.82) is 0 Å². The molecule has 7 heteroatoms. The molecular formula is C26H23NO6. The summed E-state index contributed by atoms with van der Waals surface area (Å²) in [5.74, 6) is 2.21. The Bertz CT molecular complexity index is 1320. The normalized spacial score (nSPS) is 11.3. The van der Waals surface area contributed by atoms with Crippen LogP contribution < -0.4 is 19.6 Å². The average Bonchev–Trinajstić information content (AvgIpc) is 2.87. The van der Waals surface area contributed by atoms with Crippen LogP contribution in [0.5, 0.6) is 17.2 Å². The SMILES string of the molecule is COC(=O)COc1ccc2oc(-c3ccc(OC)cc3)cc(=Nc3ccc(OC)cc3)c2c1. The highest BCUT2D eigenvalue weighted by Crippen LogP contribution is 2.27. The van der Waals surface area contributed by atoms with E-state index < -0.39 is 5.97 Å². The molecule has 0 aliphatic rings. The first kappa shape index (κ1) is 22.0. The van der Waals surface area contributed by atoms with E-state index in [0.717, 1.165) is 28.1 Å². The zero-order chi connectivity index (χ0) is 23.2. The highest BCUT2D eigenvalue weighted by atomic mass is 16.6. The minimum absolute atomic E-state index is 0.186. The molecule has 0 atom stereocenters. The number of carbonyl (C=O) groups excluding carboxylic acids is 1. The predicted octanol–water partition coefficient (Wildman–Crippen LogP) is 4.90. The van der Waals surface area contributed by atoms with E-state index in [-0.39, 0.29) is 6.61 Å². The van der Waals surface area contributed by atoms with Crippen molar-refractivity contribution in [3.05, 3.63) is 78.2 Å². The summed E-state index contributed by atoms with van der Waals surface area (Å²) in [4.78, 5) is 16.3. The maximum absolute atomic E-state index is 11.5. The van der Waals surface area contributed by atoms with Crippen LogP contribution in [-0.4, -0.2) is 33.9 Å². The largest absolute Gasteiger partial charge is 0.497 e. The van der Waals surface area contributed by atoms with Gasteiger partial charge in [-0.15, -0.1) is 0 Å². The summed E-state index contributed by atoms with van der Waals surface area (Å²) in [5.41, 5.74) is 2.26. The van der Waals surface area contributed by atoms with Gasteiger partial charge >= 0.3 is 5.97 Å². The van der Waals surface area contributed by atoms with Gasteiger partial charge < -0.3 is 23.4 Å². The van der Waals surface area contributed by atoms with Gasteiger partial charge in [0.05, 0.1) is 32.4 Å². The Morgan fingerprint density at radius 3 is 2.09 bits per heavy atom. The average molecular weight is 445 g/mol. The monoisotopic (exact) mass is 445 g/mol. The number of esters is 1. The second-order valence-corrected chi connectivity index (χ2v) is 7.06. The number of nitrogens with zero attached hydrogens (tertiary/aromatic N) is 1. The lowest BCUT2D eigenvalue weighted by Crippen LogP contribution is -2.12. The molecule has 7 nitrogen and oxygen atoms in total. The van der Waals surface area contributed by atoms with Crippen molar-refractivity contribution in [1.82, 2.24) is 0 Å². The van der Waals surface area contributed by atoms with E-state index in [1.165, 1.54) is 7.11 Å². The molecule has 0 saturated heterocycles. The molecule has 1 heterocycles. The first-order chi connectivity index (χ1) is 16.1. The summed E-state index contributed by atoms with van der Waals surface area (Å²) in [6, 6.07) is 22.2. The number of benzene rings is 3. The summed E-state index contributed by atoms with van der Waals surface area (Å²) in [6.45, 7) is -0.186. The lowest BCUT2D eigenvalue weighted by Gasteiger charge is -2.09.